The summed E-state index contributed by atoms with van der Waals surface area (Å²) in [5.74, 6) is -2.34. The van der Waals surface area contributed by atoms with Gasteiger partial charge in [0.1, 0.15) is 0 Å². The van der Waals surface area contributed by atoms with Gasteiger partial charge in [-0.15, -0.1) is 0 Å². The number of halogens is 2. The Morgan fingerprint density at radius 3 is 2.56 bits per heavy atom. The quantitative estimate of drug-likeness (QED) is 0.731. The zero-order valence-electron chi connectivity index (χ0n) is 13.0. The standard InChI is InChI=1S/C17H13F2N3O3/c18-11-5-10-14(6-12(11)19)21-17(25)22(16(10)24)7-9-4-8-2-1-3-13(8)20-15(9)23/h4-6H,1-3,7H2,(H,20,23)(H,21,25). The number of aryl methyl sites for hydroxylation is 2. The van der Waals surface area contributed by atoms with Crippen LogP contribution in [0.3, 0.4) is 0 Å². The van der Waals surface area contributed by atoms with Gasteiger partial charge >= 0.3 is 5.69 Å². The third-order valence-corrected chi connectivity index (χ3v) is 4.52. The summed E-state index contributed by atoms with van der Waals surface area (Å²) in [4.78, 5) is 42.0. The molecule has 2 heterocycles. The number of benzene rings is 1. The maximum absolute atomic E-state index is 13.4. The van der Waals surface area contributed by atoms with E-state index < -0.39 is 22.9 Å². The van der Waals surface area contributed by atoms with Crippen molar-refractivity contribution in [3.8, 4) is 0 Å². The number of fused-ring (bicyclic) bond motifs is 2. The fraction of sp³-hybridized carbons (Fsp3) is 0.235. The summed E-state index contributed by atoms with van der Waals surface area (Å²) < 4.78 is 27.5. The minimum atomic E-state index is -1.18. The van der Waals surface area contributed by atoms with Gasteiger partial charge in [0.15, 0.2) is 11.6 Å². The molecule has 0 radical (unpaired) electrons. The second-order valence-corrected chi connectivity index (χ2v) is 6.11. The van der Waals surface area contributed by atoms with Crippen molar-refractivity contribution >= 4 is 10.9 Å². The van der Waals surface area contributed by atoms with Crippen LogP contribution >= 0.6 is 0 Å². The van der Waals surface area contributed by atoms with E-state index in [1.165, 1.54) is 0 Å². The fourth-order valence-electron chi connectivity index (χ4n) is 3.24. The molecular weight excluding hydrogens is 332 g/mol. The molecule has 0 saturated heterocycles. The number of aromatic nitrogens is 3. The zero-order chi connectivity index (χ0) is 17.7. The summed E-state index contributed by atoms with van der Waals surface area (Å²) in [6, 6.07) is 3.20. The van der Waals surface area contributed by atoms with Crippen molar-refractivity contribution in [1.29, 1.82) is 0 Å². The molecule has 1 aliphatic rings. The van der Waals surface area contributed by atoms with Crippen LogP contribution < -0.4 is 16.8 Å². The molecule has 8 heteroatoms. The number of hydrogen-bond donors (Lipinski definition) is 2. The van der Waals surface area contributed by atoms with E-state index in [1.54, 1.807) is 6.07 Å². The van der Waals surface area contributed by atoms with Crippen molar-refractivity contribution in [2.75, 3.05) is 0 Å². The summed E-state index contributed by atoms with van der Waals surface area (Å²) in [6.45, 7) is -0.244. The minimum Gasteiger partial charge on any atom is -0.326 e. The van der Waals surface area contributed by atoms with Crippen LogP contribution in [-0.4, -0.2) is 14.5 Å². The van der Waals surface area contributed by atoms with Gasteiger partial charge in [-0.2, -0.15) is 0 Å². The molecule has 3 aromatic rings. The highest BCUT2D eigenvalue weighted by Gasteiger charge is 2.17. The molecule has 0 amide bonds. The molecule has 0 atom stereocenters. The third kappa shape index (κ3) is 2.50. The Balaban J connectivity index is 1.88. The average Bonchev–Trinajstić information content (AvgIpc) is 3.00. The minimum absolute atomic E-state index is 0.0898. The lowest BCUT2D eigenvalue weighted by atomic mass is 10.1. The Kier molecular flexibility index (Phi) is 3.41. The zero-order valence-corrected chi connectivity index (χ0v) is 13.0. The highest BCUT2D eigenvalue weighted by Crippen LogP contribution is 2.19. The third-order valence-electron chi connectivity index (χ3n) is 4.52. The molecule has 0 fully saturated rings. The summed E-state index contributed by atoms with van der Waals surface area (Å²) in [5, 5.41) is -0.156. The van der Waals surface area contributed by atoms with Crippen molar-refractivity contribution in [1.82, 2.24) is 14.5 Å². The molecule has 25 heavy (non-hydrogen) atoms. The van der Waals surface area contributed by atoms with Crippen LogP contribution in [0.25, 0.3) is 10.9 Å². The van der Waals surface area contributed by atoms with Crippen molar-refractivity contribution < 1.29 is 8.78 Å². The Morgan fingerprint density at radius 2 is 1.76 bits per heavy atom. The van der Waals surface area contributed by atoms with Gasteiger partial charge in [-0.05, 0) is 37.0 Å². The smallest absolute Gasteiger partial charge is 0.326 e. The van der Waals surface area contributed by atoms with Gasteiger partial charge < -0.3 is 9.97 Å². The molecule has 0 saturated carbocycles. The van der Waals surface area contributed by atoms with Gasteiger partial charge in [-0.3, -0.25) is 14.2 Å². The van der Waals surface area contributed by atoms with Crippen LogP contribution in [0.5, 0.6) is 0 Å². The average molecular weight is 345 g/mol. The van der Waals surface area contributed by atoms with Crippen LogP contribution in [-0.2, 0) is 19.4 Å². The first kappa shape index (κ1) is 15.5. The van der Waals surface area contributed by atoms with Crippen LogP contribution in [0.2, 0.25) is 0 Å². The maximum Gasteiger partial charge on any atom is 0.329 e. The fourth-order valence-corrected chi connectivity index (χ4v) is 3.24. The monoisotopic (exact) mass is 345 g/mol. The van der Waals surface area contributed by atoms with E-state index in [0.29, 0.717) is 0 Å². The van der Waals surface area contributed by atoms with E-state index in [-0.39, 0.29) is 28.6 Å². The van der Waals surface area contributed by atoms with Gasteiger partial charge in [-0.25, -0.2) is 13.6 Å². The van der Waals surface area contributed by atoms with Crippen LogP contribution in [0, 0.1) is 11.6 Å². The number of nitrogens with zero attached hydrogens (tertiary/aromatic N) is 1. The number of hydrogen-bond acceptors (Lipinski definition) is 3. The Hall–Kier alpha value is -3.03. The number of nitrogens with one attached hydrogen (secondary N) is 2. The molecule has 0 aliphatic heterocycles. The molecule has 6 nitrogen and oxygen atoms in total. The number of rotatable bonds is 2. The largest absolute Gasteiger partial charge is 0.329 e. The highest BCUT2D eigenvalue weighted by atomic mass is 19.2. The number of H-pyrrole nitrogens is 2. The van der Waals surface area contributed by atoms with E-state index in [0.717, 1.165) is 47.2 Å². The summed E-state index contributed by atoms with van der Waals surface area (Å²) in [6.07, 6.45) is 2.56. The van der Waals surface area contributed by atoms with Crippen LogP contribution in [0.15, 0.2) is 32.6 Å². The van der Waals surface area contributed by atoms with Crippen LogP contribution in [0.1, 0.15) is 23.2 Å². The van der Waals surface area contributed by atoms with E-state index >= 15 is 0 Å². The molecule has 0 spiro atoms. The van der Waals surface area contributed by atoms with Crippen molar-refractivity contribution in [2.24, 2.45) is 0 Å². The Labute approximate surface area is 138 Å². The van der Waals surface area contributed by atoms with E-state index in [4.69, 9.17) is 0 Å². The normalized spacial score (nSPS) is 13.4. The van der Waals surface area contributed by atoms with Crippen LogP contribution in [0.4, 0.5) is 8.78 Å². The summed E-state index contributed by atoms with van der Waals surface area (Å²) >= 11 is 0. The molecule has 128 valence electrons. The predicted molar refractivity (Wildman–Crippen MR) is 86.9 cm³/mol. The first-order chi connectivity index (χ1) is 11.9. The molecular formula is C17H13F2N3O3. The lowest BCUT2D eigenvalue weighted by molar-refractivity contribution is 0.510. The molecule has 2 N–H and O–H groups in total. The number of aromatic amines is 2. The second-order valence-electron chi connectivity index (χ2n) is 6.11. The molecule has 0 unspecified atom stereocenters. The van der Waals surface area contributed by atoms with Crippen molar-refractivity contribution in [3.05, 3.63) is 77.8 Å². The number of pyridine rings is 1. The first-order valence-corrected chi connectivity index (χ1v) is 7.80. The summed E-state index contributed by atoms with van der Waals surface area (Å²) in [5.41, 5.74) is 0.125. The lowest BCUT2D eigenvalue weighted by Crippen LogP contribution is -2.37. The van der Waals surface area contributed by atoms with Gasteiger partial charge in [0.05, 0.1) is 17.4 Å². The van der Waals surface area contributed by atoms with E-state index in [1.807, 2.05) is 0 Å². The molecule has 2 aromatic heterocycles. The predicted octanol–water partition coefficient (Wildman–Crippen LogP) is 1.19. The Bertz CT molecular complexity index is 1190. The molecule has 1 aromatic carbocycles. The van der Waals surface area contributed by atoms with Gasteiger partial charge in [0.25, 0.3) is 11.1 Å². The van der Waals surface area contributed by atoms with E-state index in [9.17, 15) is 23.2 Å². The molecule has 0 bridgehead atoms. The summed E-state index contributed by atoms with van der Waals surface area (Å²) in [7, 11) is 0. The lowest BCUT2D eigenvalue weighted by Gasteiger charge is -2.08. The highest BCUT2D eigenvalue weighted by molar-refractivity contribution is 5.77. The van der Waals surface area contributed by atoms with Crippen molar-refractivity contribution in [3.63, 3.8) is 0 Å². The molecule has 4 rings (SSSR count). The van der Waals surface area contributed by atoms with Gasteiger partial charge in [0, 0.05) is 17.3 Å². The molecule has 1 aliphatic carbocycles. The van der Waals surface area contributed by atoms with Gasteiger partial charge in [-0.1, -0.05) is 0 Å². The van der Waals surface area contributed by atoms with Gasteiger partial charge in [0.2, 0.25) is 0 Å². The van der Waals surface area contributed by atoms with Crippen molar-refractivity contribution in [2.45, 2.75) is 25.8 Å². The Morgan fingerprint density at radius 1 is 1.00 bits per heavy atom. The maximum atomic E-state index is 13.4. The van der Waals surface area contributed by atoms with E-state index in [2.05, 4.69) is 9.97 Å². The SMILES string of the molecule is O=c1[nH]c2c(cc1Cn1c(=O)[nH]c3cc(F)c(F)cc3c1=O)CCC2. The topological polar surface area (TPSA) is 87.7 Å². The second kappa shape index (κ2) is 5.51. The first-order valence-electron chi connectivity index (χ1n) is 7.80.